The highest BCUT2D eigenvalue weighted by Gasteiger charge is 2.27. The first-order chi connectivity index (χ1) is 8.61. The van der Waals surface area contributed by atoms with E-state index >= 15 is 0 Å². The zero-order valence-electron chi connectivity index (χ0n) is 9.54. The highest BCUT2D eigenvalue weighted by atomic mass is 16.6. The third-order valence-corrected chi connectivity index (χ3v) is 2.77. The molecule has 0 aliphatic carbocycles. The number of hydrogen-bond acceptors (Lipinski definition) is 5. The maximum absolute atomic E-state index is 11.2. The second-order valence-electron chi connectivity index (χ2n) is 3.83. The first-order valence-corrected chi connectivity index (χ1v) is 5.44. The summed E-state index contributed by atoms with van der Waals surface area (Å²) in [4.78, 5) is 23.3. The smallest absolute Gasteiger partial charge is 0.338 e. The number of carboxylic acids is 1. The van der Waals surface area contributed by atoms with Crippen molar-refractivity contribution in [3.63, 3.8) is 0 Å². The molecule has 2 rings (SSSR count). The number of para-hydroxylation sites is 1. The SMILES string of the molecule is O=C(O)c1cccc([N+](=O)[O-])c1N1CCOCC1. The molecule has 1 aliphatic heterocycles. The van der Waals surface area contributed by atoms with E-state index in [9.17, 15) is 14.9 Å². The van der Waals surface area contributed by atoms with Crippen molar-refractivity contribution in [2.75, 3.05) is 31.2 Å². The van der Waals surface area contributed by atoms with Crippen LogP contribution in [0.25, 0.3) is 0 Å². The van der Waals surface area contributed by atoms with Crippen molar-refractivity contribution < 1.29 is 19.6 Å². The monoisotopic (exact) mass is 252 g/mol. The van der Waals surface area contributed by atoms with Gasteiger partial charge < -0.3 is 14.7 Å². The van der Waals surface area contributed by atoms with E-state index in [2.05, 4.69) is 0 Å². The number of carbonyl (C=O) groups is 1. The lowest BCUT2D eigenvalue weighted by Gasteiger charge is -2.29. The van der Waals surface area contributed by atoms with Crippen LogP contribution in [0.2, 0.25) is 0 Å². The van der Waals surface area contributed by atoms with E-state index in [0.717, 1.165) is 0 Å². The van der Waals surface area contributed by atoms with E-state index in [0.29, 0.717) is 26.3 Å². The average molecular weight is 252 g/mol. The summed E-state index contributed by atoms with van der Waals surface area (Å²) in [6.45, 7) is 1.77. The van der Waals surface area contributed by atoms with Crippen molar-refractivity contribution in [3.05, 3.63) is 33.9 Å². The fourth-order valence-electron chi connectivity index (χ4n) is 1.97. The van der Waals surface area contributed by atoms with Crippen molar-refractivity contribution in [1.82, 2.24) is 0 Å². The number of nitro benzene ring substituents is 1. The van der Waals surface area contributed by atoms with Crippen LogP contribution in [0.4, 0.5) is 11.4 Å². The molecule has 1 heterocycles. The van der Waals surface area contributed by atoms with Gasteiger partial charge in [-0.3, -0.25) is 10.1 Å². The Kier molecular flexibility index (Phi) is 3.42. The predicted molar refractivity (Wildman–Crippen MR) is 63.1 cm³/mol. The zero-order chi connectivity index (χ0) is 13.1. The zero-order valence-corrected chi connectivity index (χ0v) is 9.54. The third-order valence-electron chi connectivity index (χ3n) is 2.77. The van der Waals surface area contributed by atoms with E-state index < -0.39 is 10.9 Å². The third kappa shape index (κ3) is 2.25. The van der Waals surface area contributed by atoms with Gasteiger partial charge in [-0.05, 0) is 6.07 Å². The molecule has 1 aliphatic rings. The van der Waals surface area contributed by atoms with Gasteiger partial charge in [-0.1, -0.05) is 6.07 Å². The van der Waals surface area contributed by atoms with Crippen LogP contribution in [0.15, 0.2) is 18.2 Å². The maximum Gasteiger partial charge on any atom is 0.338 e. The second kappa shape index (κ2) is 5.01. The number of carboxylic acid groups (broad SMARTS) is 1. The quantitative estimate of drug-likeness (QED) is 0.640. The van der Waals surface area contributed by atoms with Gasteiger partial charge in [0.15, 0.2) is 0 Å². The minimum absolute atomic E-state index is 0.0499. The molecule has 1 saturated heterocycles. The first kappa shape index (κ1) is 12.3. The van der Waals surface area contributed by atoms with Gasteiger partial charge in [0.25, 0.3) is 5.69 Å². The molecule has 0 radical (unpaired) electrons. The molecule has 7 heteroatoms. The van der Waals surface area contributed by atoms with Crippen LogP contribution >= 0.6 is 0 Å². The van der Waals surface area contributed by atoms with Gasteiger partial charge >= 0.3 is 5.97 Å². The molecule has 18 heavy (non-hydrogen) atoms. The van der Waals surface area contributed by atoms with Crippen LogP contribution in [0.3, 0.4) is 0 Å². The van der Waals surface area contributed by atoms with Crippen LogP contribution in [-0.2, 0) is 4.74 Å². The summed E-state index contributed by atoms with van der Waals surface area (Å²) in [5.74, 6) is -1.17. The van der Waals surface area contributed by atoms with E-state index in [1.165, 1.54) is 18.2 Å². The van der Waals surface area contributed by atoms with Gasteiger partial charge in [-0.25, -0.2) is 4.79 Å². The summed E-state index contributed by atoms with van der Waals surface area (Å²) in [5, 5.41) is 20.1. The normalized spacial score (nSPS) is 15.4. The van der Waals surface area contributed by atoms with Gasteiger partial charge in [0.1, 0.15) is 5.69 Å². The number of nitro groups is 1. The maximum atomic E-state index is 11.2. The fraction of sp³-hybridized carbons (Fsp3) is 0.364. The van der Waals surface area contributed by atoms with E-state index in [-0.39, 0.29) is 16.9 Å². The van der Waals surface area contributed by atoms with Gasteiger partial charge in [0.2, 0.25) is 0 Å². The van der Waals surface area contributed by atoms with E-state index in [1.807, 2.05) is 0 Å². The Hall–Kier alpha value is -2.15. The summed E-state index contributed by atoms with van der Waals surface area (Å²) >= 11 is 0. The standard InChI is InChI=1S/C11H12N2O5/c14-11(15)8-2-1-3-9(13(16)17)10(8)12-4-6-18-7-5-12/h1-3H,4-7H2,(H,14,15). The first-order valence-electron chi connectivity index (χ1n) is 5.44. The molecule has 0 unspecified atom stereocenters. The second-order valence-corrected chi connectivity index (χ2v) is 3.83. The molecule has 1 aromatic carbocycles. The number of morpholine rings is 1. The topological polar surface area (TPSA) is 92.9 Å². The summed E-state index contributed by atoms with van der Waals surface area (Å²) < 4.78 is 5.16. The van der Waals surface area contributed by atoms with Gasteiger partial charge in [0, 0.05) is 19.2 Å². The Bertz CT molecular complexity index is 450. The lowest BCUT2D eigenvalue weighted by molar-refractivity contribution is -0.384. The largest absolute Gasteiger partial charge is 0.478 e. The molecular formula is C11H12N2O5. The lowest BCUT2D eigenvalue weighted by Crippen LogP contribution is -2.37. The van der Waals surface area contributed by atoms with Crippen LogP contribution in [0.1, 0.15) is 10.4 Å². The van der Waals surface area contributed by atoms with Crippen molar-refractivity contribution in [1.29, 1.82) is 0 Å². The van der Waals surface area contributed by atoms with Crippen molar-refractivity contribution in [2.45, 2.75) is 0 Å². The molecule has 96 valence electrons. The summed E-state index contributed by atoms with van der Waals surface area (Å²) in [6.07, 6.45) is 0. The molecule has 0 spiro atoms. The van der Waals surface area contributed by atoms with E-state index in [4.69, 9.17) is 9.84 Å². The van der Waals surface area contributed by atoms with Crippen molar-refractivity contribution >= 4 is 17.3 Å². The minimum atomic E-state index is -1.17. The Labute approximate surface area is 103 Å². The number of aromatic carboxylic acids is 1. The minimum Gasteiger partial charge on any atom is -0.478 e. The molecule has 0 bridgehead atoms. The highest BCUT2D eigenvalue weighted by Crippen LogP contribution is 2.32. The van der Waals surface area contributed by atoms with Gasteiger partial charge in [-0.2, -0.15) is 0 Å². The Morgan fingerprint density at radius 1 is 1.39 bits per heavy atom. The van der Waals surface area contributed by atoms with E-state index in [1.54, 1.807) is 4.90 Å². The number of rotatable bonds is 3. The van der Waals surface area contributed by atoms with Crippen LogP contribution in [0.5, 0.6) is 0 Å². The summed E-state index contributed by atoms with van der Waals surface area (Å²) in [5.41, 5.74) is -0.0683. The number of hydrogen-bond donors (Lipinski definition) is 1. The highest BCUT2D eigenvalue weighted by molar-refractivity contribution is 5.97. The van der Waals surface area contributed by atoms with Crippen LogP contribution in [0, 0.1) is 10.1 Å². The molecule has 0 amide bonds. The summed E-state index contributed by atoms with van der Waals surface area (Å²) in [6, 6.07) is 4.07. The number of anilines is 1. The average Bonchev–Trinajstić information content (AvgIpc) is 2.38. The van der Waals surface area contributed by atoms with Crippen LogP contribution in [-0.4, -0.2) is 42.3 Å². The molecule has 1 aromatic rings. The molecule has 1 fully saturated rings. The fourth-order valence-corrected chi connectivity index (χ4v) is 1.97. The van der Waals surface area contributed by atoms with Gasteiger partial charge in [-0.15, -0.1) is 0 Å². The molecule has 1 N–H and O–H groups in total. The number of ether oxygens (including phenoxy) is 1. The Morgan fingerprint density at radius 2 is 2.06 bits per heavy atom. The summed E-state index contributed by atoms with van der Waals surface area (Å²) in [7, 11) is 0. The van der Waals surface area contributed by atoms with Crippen LogP contribution < -0.4 is 4.90 Å². The van der Waals surface area contributed by atoms with Gasteiger partial charge in [0.05, 0.1) is 23.7 Å². The molecular weight excluding hydrogens is 240 g/mol. The number of nitrogens with zero attached hydrogens (tertiary/aromatic N) is 2. The van der Waals surface area contributed by atoms with Crippen molar-refractivity contribution in [3.8, 4) is 0 Å². The Morgan fingerprint density at radius 3 is 2.61 bits per heavy atom. The predicted octanol–water partition coefficient (Wildman–Crippen LogP) is 1.13. The molecule has 7 nitrogen and oxygen atoms in total. The lowest BCUT2D eigenvalue weighted by atomic mass is 10.1. The molecule has 0 atom stereocenters. The van der Waals surface area contributed by atoms with Crippen molar-refractivity contribution in [2.24, 2.45) is 0 Å². The molecule has 0 saturated carbocycles. The Balaban J connectivity index is 2.52. The number of benzene rings is 1. The molecule has 0 aromatic heterocycles.